The average molecular weight is 182 g/mol. The first-order valence-corrected chi connectivity index (χ1v) is 4.71. The summed E-state index contributed by atoms with van der Waals surface area (Å²) < 4.78 is 0. The Morgan fingerprint density at radius 1 is 1.54 bits per heavy atom. The Balaban J connectivity index is 2.83. The van der Waals surface area contributed by atoms with Gasteiger partial charge in [0.2, 0.25) is 0 Å². The van der Waals surface area contributed by atoms with Crippen LogP contribution in [0.5, 0.6) is 0 Å². The summed E-state index contributed by atoms with van der Waals surface area (Å²) in [6, 6.07) is 2.22. The zero-order valence-corrected chi connectivity index (χ0v) is 8.83. The van der Waals surface area contributed by atoms with E-state index in [4.69, 9.17) is 5.26 Å². The van der Waals surface area contributed by atoms with Gasteiger partial charge in [0.15, 0.2) is 0 Å². The van der Waals surface area contributed by atoms with Crippen LogP contribution in [0.2, 0.25) is 0 Å². The van der Waals surface area contributed by atoms with Crippen LogP contribution in [0, 0.1) is 16.7 Å². The van der Waals surface area contributed by atoms with Gasteiger partial charge in [-0.2, -0.15) is 10.3 Å². The lowest BCUT2D eigenvalue weighted by atomic mass is 9.85. The average Bonchev–Trinajstić information content (AvgIpc) is 2.28. The van der Waals surface area contributed by atoms with E-state index in [-0.39, 0.29) is 11.6 Å². The normalized spacial score (nSPS) is 28.8. The molecule has 0 saturated carbocycles. The van der Waals surface area contributed by atoms with Gasteiger partial charge < -0.3 is 5.21 Å². The van der Waals surface area contributed by atoms with Gasteiger partial charge in [0, 0.05) is 5.54 Å². The molecule has 0 aromatic rings. The molecule has 0 aliphatic carbocycles. The van der Waals surface area contributed by atoms with Crippen molar-refractivity contribution in [2.45, 2.75) is 52.1 Å². The molecular weight excluding hydrogens is 164 g/mol. The Labute approximate surface area is 79.9 Å². The minimum absolute atomic E-state index is 0.0347. The maximum absolute atomic E-state index is 9.87. The Bertz CT molecular complexity index is 240. The zero-order chi connectivity index (χ0) is 10.3. The Hall–Kier alpha value is -0.590. The van der Waals surface area contributed by atoms with Crippen molar-refractivity contribution in [3.05, 3.63) is 0 Å². The molecule has 0 amide bonds. The fourth-order valence-corrected chi connectivity index (χ4v) is 1.89. The quantitative estimate of drug-likeness (QED) is 0.676. The van der Waals surface area contributed by atoms with Crippen LogP contribution < -0.4 is 0 Å². The highest BCUT2D eigenvalue weighted by Gasteiger charge is 2.46. The van der Waals surface area contributed by atoms with E-state index in [0.717, 1.165) is 12.8 Å². The number of hydrogen-bond donors (Lipinski definition) is 1. The summed E-state index contributed by atoms with van der Waals surface area (Å²) in [5, 5.41) is 20.2. The van der Waals surface area contributed by atoms with E-state index in [0.29, 0.717) is 0 Å². The molecule has 1 heterocycles. The molecule has 0 spiro atoms. The zero-order valence-electron chi connectivity index (χ0n) is 8.83. The highest BCUT2D eigenvalue weighted by atomic mass is 16.5. The van der Waals surface area contributed by atoms with Crippen LogP contribution in [0.4, 0.5) is 0 Å². The summed E-state index contributed by atoms with van der Waals surface area (Å²) in [6.07, 6.45) is 1.84. The molecule has 0 aromatic carbocycles. The maximum atomic E-state index is 9.87. The van der Waals surface area contributed by atoms with Crippen molar-refractivity contribution in [1.82, 2.24) is 5.06 Å². The number of hydroxylamine groups is 2. The van der Waals surface area contributed by atoms with E-state index >= 15 is 0 Å². The fraction of sp³-hybridized carbons (Fsp3) is 0.900. The molecule has 1 saturated heterocycles. The lowest BCUT2D eigenvalue weighted by Crippen LogP contribution is -2.46. The molecule has 3 heteroatoms. The van der Waals surface area contributed by atoms with E-state index in [1.807, 2.05) is 27.7 Å². The highest BCUT2D eigenvalue weighted by molar-refractivity contribution is 5.05. The van der Waals surface area contributed by atoms with Crippen LogP contribution in [0.1, 0.15) is 40.5 Å². The molecule has 1 fully saturated rings. The largest absolute Gasteiger partial charge is 0.313 e. The second kappa shape index (κ2) is 2.97. The standard InChI is InChI=1S/C10H18N2O/c1-9(2,7-11)8-5-6-10(3,4)12(8)13/h8,13H,5-6H2,1-4H3. The Morgan fingerprint density at radius 3 is 2.38 bits per heavy atom. The third-order valence-electron chi connectivity index (χ3n) is 3.07. The molecule has 0 radical (unpaired) electrons. The van der Waals surface area contributed by atoms with Crippen molar-refractivity contribution in [2.24, 2.45) is 5.41 Å². The lowest BCUT2D eigenvalue weighted by Gasteiger charge is -2.34. The second-order valence-electron chi connectivity index (χ2n) is 5.04. The van der Waals surface area contributed by atoms with Crippen molar-refractivity contribution in [3.8, 4) is 6.07 Å². The molecule has 0 bridgehead atoms. The highest BCUT2D eigenvalue weighted by Crippen LogP contribution is 2.39. The summed E-state index contributed by atoms with van der Waals surface area (Å²) in [6.45, 7) is 7.76. The van der Waals surface area contributed by atoms with Crippen LogP contribution in [-0.4, -0.2) is 21.9 Å². The SMILES string of the molecule is CC(C)(C#N)C1CCC(C)(C)N1O. The minimum atomic E-state index is -0.470. The predicted molar refractivity (Wildman–Crippen MR) is 50.1 cm³/mol. The summed E-state index contributed by atoms with van der Waals surface area (Å²) in [5.41, 5.74) is -0.651. The van der Waals surface area contributed by atoms with Gasteiger partial charge in [-0.25, -0.2) is 0 Å². The van der Waals surface area contributed by atoms with Crippen molar-refractivity contribution in [3.63, 3.8) is 0 Å². The number of rotatable bonds is 1. The van der Waals surface area contributed by atoms with Crippen molar-refractivity contribution >= 4 is 0 Å². The topological polar surface area (TPSA) is 47.3 Å². The maximum Gasteiger partial charge on any atom is 0.0701 e. The van der Waals surface area contributed by atoms with Crippen molar-refractivity contribution in [1.29, 1.82) is 5.26 Å². The second-order valence-corrected chi connectivity index (χ2v) is 5.04. The molecule has 1 N–H and O–H groups in total. The van der Waals surface area contributed by atoms with Gasteiger partial charge in [-0.1, -0.05) is 0 Å². The van der Waals surface area contributed by atoms with E-state index in [9.17, 15) is 5.21 Å². The molecule has 3 nitrogen and oxygen atoms in total. The molecule has 1 aliphatic rings. The smallest absolute Gasteiger partial charge is 0.0701 e. The molecule has 1 unspecified atom stereocenters. The van der Waals surface area contributed by atoms with Crippen LogP contribution >= 0.6 is 0 Å². The molecular formula is C10H18N2O. The monoisotopic (exact) mass is 182 g/mol. The summed E-state index contributed by atoms with van der Waals surface area (Å²) in [4.78, 5) is 0. The molecule has 1 rings (SSSR count). The van der Waals surface area contributed by atoms with Crippen LogP contribution in [0.3, 0.4) is 0 Å². The van der Waals surface area contributed by atoms with E-state index in [1.165, 1.54) is 5.06 Å². The first kappa shape index (κ1) is 10.5. The third-order valence-corrected chi connectivity index (χ3v) is 3.07. The van der Waals surface area contributed by atoms with Crippen LogP contribution in [0.15, 0.2) is 0 Å². The van der Waals surface area contributed by atoms with E-state index in [2.05, 4.69) is 6.07 Å². The number of nitriles is 1. The summed E-state index contributed by atoms with van der Waals surface area (Å²) >= 11 is 0. The van der Waals surface area contributed by atoms with E-state index < -0.39 is 5.41 Å². The molecule has 0 aromatic heterocycles. The number of nitrogens with zero attached hydrogens (tertiary/aromatic N) is 2. The summed E-state index contributed by atoms with van der Waals surface area (Å²) in [5.74, 6) is 0. The first-order valence-electron chi connectivity index (χ1n) is 4.71. The van der Waals surface area contributed by atoms with E-state index in [1.54, 1.807) is 0 Å². The molecule has 74 valence electrons. The predicted octanol–water partition coefficient (Wildman–Crippen LogP) is 2.17. The molecule has 1 atom stereocenters. The van der Waals surface area contributed by atoms with Crippen LogP contribution in [-0.2, 0) is 0 Å². The Morgan fingerprint density at radius 2 is 2.08 bits per heavy atom. The Kier molecular flexibility index (Phi) is 2.40. The van der Waals surface area contributed by atoms with Gasteiger partial charge in [0.25, 0.3) is 0 Å². The van der Waals surface area contributed by atoms with Gasteiger partial charge in [0.1, 0.15) is 0 Å². The molecule has 13 heavy (non-hydrogen) atoms. The van der Waals surface area contributed by atoms with Gasteiger partial charge in [-0.15, -0.1) is 0 Å². The fourth-order valence-electron chi connectivity index (χ4n) is 1.89. The van der Waals surface area contributed by atoms with Crippen LogP contribution in [0.25, 0.3) is 0 Å². The number of hydrogen-bond acceptors (Lipinski definition) is 3. The first-order chi connectivity index (χ1) is 5.81. The summed E-state index contributed by atoms with van der Waals surface area (Å²) in [7, 11) is 0. The van der Waals surface area contributed by atoms with Gasteiger partial charge in [-0.3, -0.25) is 0 Å². The van der Waals surface area contributed by atoms with Crippen molar-refractivity contribution < 1.29 is 5.21 Å². The minimum Gasteiger partial charge on any atom is -0.313 e. The van der Waals surface area contributed by atoms with Gasteiger partial charge in [-0.05, 0) is 40.5 Å². The van der Waals surface area contributed by atoms with Gasteiger partial charge >= 0.3 is 0 Å². The third kappa shape index (κ3) is 1.70. The lowest BCUT2D eigenvalue weighted by molar-refractivity contribution is -0.179. The molecule has 1 aliphatic heterocycles. The van der Waals surface area contributed by atoms with Crippen molar-refractivity contribution in [2.75, 3.05) is 0 Å². The van der Waals surface area contributed by atoms with Gasteiger partial charge in [0.05, 0.1) is 17.5 Å².